The van der Waals surface area contributed by atoms with Crippen molar-refractivity contribution in [2.24, 2.45) is 0 Å². The Labute approximate surface area is 134 Å². The van der Waals surface area contributed by atoms with Crippen molar-refractivity contribution in [2.45, 2.75) is 11.8 Å². The molecule has 2 N–H and O–H groups in total. The Morgan fingerprint density at radius 1 is 1.19 bits per heavy atom. The number of carboxylic acids is 2. The number of carbonyl (C=O) groups excluding carboxylic acids is 1. The zero-order valence-electron chi connectivity index (χ0n) is 11.2. The second kappa shape index (κ2) is 8.04. The highest BCUT2D eigenvalue weighted by Gasteiger charge is 2.19. The van der Waals surface area contributed by atoms with E-state index in [0.717, 1.165) is 19.8 Å². The quantitative estimate of drug-likeness (QED) is 0.706. The lowest BCUT2D eigenvalue weighted by atomic mass is 10.2. The van der Waals surface area contributed by atoms with E-state index in [9.17, 15) is 14.4 Å². The van der Waals surface area contributed by atoms with E-state index < -0.39 is 30.9 Å². The minimum atomic E-state index is -1.24. The van der Waals surface area contributed by atoms with Crippen LogP contribution in [0.25, 0.3) is 0 Å². The number of aryl methyl sites for hydroxylation is 1. The number of nitrogens with zero attached hydrogens (tertiary/aromatic N) is 1. The third-order valence-electron chi connectivity index (χ3n) is 2.49. The molecule has 0 saturated carbocycles. The Kier molecular flexibility index (Phi) is 6.70. The predicted octanol–water partition coefficient (Wildman–Crippen LogP) is 1.85. The normalized spacial score (nSPS) is 10.2. The largest absolute Gasteiger partial charge is 0.480 e. The molecule has 1 aromatic rings. The Bertz CT molecular complexity index is 547. The number of benzene rings is 1. The topological polar surface area (TPSA) is 94.9 Å². The average Bonchev–Trinajstić information content (AvgIpc) is 2.35. The van der Waals surface area contributed by atoms with Gasteiger partial charge in [-0.3, -0.25) is 14.4 Å². The molecule has 0 atom stereocenters. The number of halogens is 1. The summed E-state index contributed by atoms with van der Waals surface area (Å²) in [4.78, 5) is 35.0. The first kappa shape index (κ1) is 17.5. The summed E-state index contributed by atoms with van der Waals surface area (Å²) in [6, 6.07) is 5.58. The lowest BCUT2D eigenvalue weighted by Gasteiger charge is -2.18. The molecule has 0 bridgehead atoms. The van der Waals surface area contributed by atoms with Crippen LogP contribution in [-0.2, 0) is 14.4 Å². The number of carbonyl (C=O) groups is 3. The van der Waals surface area contributed by atoms with Gasteiger partial charge in [-0.1, -0.05) is 15.9 Å². The van der Waals surface area contributed by atoms with Crippen LogP contribution in [0.2, 0.25) is 0 Å². The van der Waals surface area contributed by atoms with Crippen molar-refractivity contribution < 1.29 is 24.6 Å². The summed E-state index contributed by atoms with van der Waals surface area (Å²) in [6.07, 6.45) is 0. The third kappa shape index (κ3) is 6.17. The SMILES string of the molecule is Cc1cc(Br)ccc1SCC(=O)N(CC(=O)O)CC(=O)O. The standard InChI is InChI=1S/C13H14BrNO5S/c1-8-4-9(14)2-3-10(8)21-7-11(16)15(5-12(17)18)6-13(19)20/h2-4H,5-7H2,1H3,(H,17,18)(H,19,20). The molecule has 0 spiro atoms. The molecule has 1 aromatic carbocycles. The highest BCUT2D eigenvalue weighted by atomic mass is 79.9. The van der Waals surface area contributed by atoms with Crippen LogP contribution >= 0.6 is 27.7 Å². The molecule has 0 aliphatic carbocycles. The van der Waals surface area contributed by atoms with E-state index in [2.05, 4.69) is 15.9 Å². The number of carboxylic acid groups (broad SMARTS) is 2. The van der Waals surface area contributed by atoms with Crippen LogP contribution in [0.15, 0.2) is 27.6 Å². The van der Waals surface area contributed by atoms with Gasteiger partial charge >= 0.3 is 11.9 Å². The highest BCUT2D eigenvalue weighted by Crippen LogP contribution is 2.25. The fraction of sp³-hybridized carbons (Fsp3) is 0.308. The zero-order valence-corrected chi connectivity index (χ0v) is 13.6. The van der Waals surface area contributed by atoms with E-state index >= 15 is 0 Å². The second-order valence-corrected chi connectivity index (χ2v) is 6.17. The smallest absolute Gasteiger partial charge is 0.323 e. The van der Waals surface area contributed by atoms with Crippen molar-refractivity contribution in [3.05, 3.63) is 28.2 Å². The van der Waals surface area contributed by atoms with Crippen molar-refractivity contribution in [3.8, 4) is 0 Å². The molecule has 0 fully saturated rings. The van der Waals surface area contributed by atoms with Crippen LogP contribution in [0.3, 0.4) is 0 Å². The Morgan fingerprint density at radius 3 is 2.24 bits per heavy atom. The van der Waals surface area contributed by atoms with Crippen LogP contribution in [0.1, 0.15) is 5.56 Å². The van der Waals surface area contributed by atoms with Gasteiger partial charge < -0.3 is 15.1 Å². The van der Waals surface area contributed by atoms with Gasteiger partial charge in [-0.05, 0) is 30.7 Å². The van der Waals surface area contributed by atoms with Gasteiger partial charge in [0.1, 0.15) is 13.1 Å². The maximum atomic E-state index is 11.9. The van der Waals surface area contributed by atoms with E-state index in [1.165, 1.54) is 11.8 Å². The molecule has 0 radical (unpaired) electrons. The molecule has 8 heteroatoms. The van der Waals surface area contributed by atoms with Crippen molar-refractivity contribution in [3.63, 3.8) is 0 Å². The van der Waals surface area contributed by atoms with Crippen LogP contribution in [0.5, 0.6) is 0 Å². The van der Waals surface area contributed by atoms with Crippen molar-refractivity contribution >= 4 is 45.5 Å². The summed E-state index contributed by atoms with van der Waals surface area (Å²) in [7, 11) is 0. The zero-order chi connectivity index (χ0) is 16.0. The first-order valence-electron chi connectivity index (χ1n) is 5.90. The average molecular weight is 376 g/mol. The molecule has 114 valence electrons. The first-order valence-corrected chi connectivity index (χ1v) is 7.67. The Balaban J connectivity index is 2.68. The number of aliphatic carboxylic acids is 2. The van der Waals surface area contributed by atoms with Crippen molar-refractivity contribution in [1.29, 1.82) is 0 Å². The number of amides is 1. The molecule has 0 aromatic heterocycles. The van der Waals surface area contributed by atoms with Gasteiger partial charge in [0.25, 0.3) is 0 Å². The number of hydrogen-bond acceptors (Lipinski definition) is 4. The summed E-state index contributed by atoms with van der Waals surface area (Å²) in [6.45, 7) is 0.653. The minimum absolute atomic E-state index is 0.0109. The van der Waals surface area contributed by atoms with E-state index in [-0.39, 0.29) is 5.75 Å². The minimum Gasteiger partial charge on any atom is -0.480 e. The summed E-state index contributed by atoms with van der Waals surface area (Å²) in [5.41, 5.74) is 0.977. The van der Waals surface area contributed by atoms with E-state index in [0.29, 0.717) is 0 Å². The van der Waals surface area contributed by atoms with E-state index in [4.69, 9.17) is 10.2 Å². The third-order valence-corrected chi connectivity index (χ3v) is 4.15. The van der Waals surface area contributed by atoms with Gasteiger partial charge in [-0.15, -0.1) is 11.8 Å². The first-order chi connectivity index (χ1) is 9.79. The molecule has 0 aliphatic rings. The molecule has 0 saturated heterocycles. The number of rotatable bonds is 7. The predicted molar refractivity (Wildman–Crippen MR) is 81.5 cm³/mol. The van der Waals surface area contributed by atoms with E-state index in [1.54, 1.807) is 0 Å². The highest BCUT2D eigenvalue weighted by molar-refractivity contribution is 9.10. The monoisotopic (exact) mass is 375 g/mol. The van der Waals surface area contributed by atoms with Gasteiger partial charge in [0, 0.05) is 9.37 Å². The fourth-order valence-electron chi connectivity index (χ4n) is 1.56. The summed E-state index contributed by atoms with van der Waals surface area (Å²) in [5.74, 6) is -3.01. The summed E-state index contributed by atoms with van der Waals surface area (Å²) >= 11 is 4.59. The maximum Gasteiger partial charge on any atom is 0.323 e. The Hall–Kier alpha value is -1.54. The van der Waals surface area contributed by atoms with E-state index in [1.807, 2.05) is 25.1 Å². The van der Waals surface area contributed by atoms with Gasteiger partial charge in [0.15, 0.2) is 0 Å². The lowest BCUT2D eigenvalue weighted by Crippen LogP contribution is -2.40. The van der Waals surface area contributed by atoms with Crippen LogP contribution in [0, 0.1) is 6.92 Å². The molecule has 0 unspecified atom stereocenters. The molecular formula is C13H14BrNO5S. The molecule has 21 heavy (non-hydrogen) atoms. The van der Waals surface area contributed by atoms with Crippen LogP contribution in [-0.4, -0.2) is 51.8 Å². The molecule has 0 heterocycles. The number of thioether (sulfide) groups is 1. The summed E-state index contributed by atoms with van der Waals surface area (Å²) < 4.78 is 0.925. The fourth-order valence-corrected chi connectivity index (χ4v) is 2.95. The molecular weight excluding hydrogens is 362 g/mol. The number of hydrogen-bond donors (Lipinski definition) is 2. The molecule has 1 amide bonds. The van der Waals surface area contributed by atoms with Gasteiger partial charge in [-0.2, -0.15) is 0 Å². The van der Waals surface area contributed by atoms with Gasteiger partial charge in [-0.25, -0.2) is 0 Å². The van der Waals surface area contributed by atoms with Crippen LogP contribution < -0.4 is 0 Å². The van der Waals surface area contributed by atoms with Crippen molar-refractivity contribution in [2.75, 3.05) is 18.8 Å². The Morgan fingerprint density at radius 2 is 1.76 bits per heavy atom. The van der Waals surface area contributed by atoms with Gasteiger partial charge in [0.2, 0.25) is 5.91 Å². The lowest BCUT2D eigenvalue weighted by molar-refractivity contribution is -0.148. The molecule has 6 nitrogen and oxygen atoms in total. The molecule has 0 aliphatic heterocycles. The van der Waals surface area contributed by atoms with Gasteiger partial charge in [0.05, 0.1) is 5.75 Å². The maximum absolute atomic E-state index is 11.9. The summed E-state index contributed by atoms with van der Waals surface area (Å²) in [5, 5.41) is 17.4. The van der Waals surface area contributed by atoms with Crippen molar-refractivity contribution in [1.82, 2.24) is 4.90 Å². The molecule has 1 rings (SSSR count). The second-order valence-electron chi connectivity index (χ2n) is 4.24. The van der Waals surface area contributed by atoms with Crippen LogP contribution in [0.4, 0.5) is 0 Å².